The average Bonchev–Trinajstić information content (AvgIpc) is 2.48. The zero-order valence-electron chi connectivity index (χ0n) is 14.0. The molecule has 0 spiro atoms. The lowest BCUT2D eigenvalue weighted by molar-refractivity contribution is -0.150. The second kappa shape index (κ2) is 5.52. The van der Waals surface area contributed by atoms with E-state index in [-0.39, 0.29) is 28.9 Å². The van der Waals surface area contributed by atoms with Crippen molar-refractivity contribution < 1.29 is 14.3 Å². The molecule has 0 bridgehead atoms. The number of methoxy groups -OCH3 is 1. The minimum absolute atomic E-state index is 0.156. The molecule has 0 aromatic rings. The van der Waals surface area contributed by atoms with E-state index >= 15 is 0 Å². The summed E-state index contributed by atoms with van der Waals surface area (Å²) < 4.78 is 5.57. The molecule has 0 aromatic heterocycles. The summed E-state index contributed by atoms with van der Waals surface area (Å²) in [5, 5.41) is 3.05. The Morgan fingerprint density at radius 3 is 2.36 bits per heavy atom. The highest BCUT2D eigenvalue weighted by atomic mass is 16.5. The van der Waals surface area contributed by atoms with Crippen LogP contribution in [0.1, 0.15) is 52.4 Å². The number of hydrogen-bond donors (Lipinski definition) is 1. The van der Waals surface area contributed by atoms with E-state index in [9.17, 15) is 9.59 Å². The van der Waals surface area contributed by atoms with Gasteiger partial charge in [0, 0.05) is 26.2 Å². The standard InChI is InChI=1S/C17H28N2O3/c1-16(2)14(18-15(16)21)12-5-9-19(10-6-12)13(20)11-17(22-3)7-4-8-17/h12,14H,4-11H2,1-3H3,(H,18,21). The van der Waals surface area contributed by atoms with E-state index in [1.54, 1.807) is 7.11 Å². The van der Waals surface area contributed by atoms with E-state index in [4.69, 9.17) is 4.74 Å². The Morgan fingerprint density at radius 2 is 1.95 bits per heavy atom. The van der Waals surface area contributed by atoms with Gasteiger partial charge >= 0.3 is 0 Å². The minimum atomic E-state index is -0.247. The van der Waals surface area contributed by atoms with Gasteiger partial charge in [0.25, 0.3) is 0 Å². The van der Waals surface area contributed by atoms with Crippen LogP contribution in [-0.2, 0) is 14.3 Å². The number of rotatable bonds is 4. The molecule has 1 aliphatic carbocycles. The number of likely N-dealkylation sites (tertiary alicyclic amines) is 1. The number of amides is 2. The molecule has 2 aliphatic heterocycles. The van der Waals surface area contributed by atoms with Gasteiger partial charge in [0.2, 0.25) is 11.8 Å². The molecule has 3 fully saturated rings. The molecule has 1 N–H and O–H groups in total. The fraction of sp³-hybridized carbons (Fsp3) is 0.882. The Hall–Kier alpha value is -1.10. The summed E-state index contributed by atoms with van der Waals surface area (Å²) in [5.41, 5.74) is -0.430. The molecule has 0 aromatic carbocycles. The van der Waals surface area contributed by atoms with E-state index in [0.29, 0.717) is 12.3 Å². The van der Waals surface area contributed by atoms with Crippen LogP contribution in [0.25, 0.3) is 0 Å². The third-order valence-corrected chi connectivity index (χ3v) is 6.18. The number of carbonyl (C=O) groups is 2. The van der Waals surface area contributed by atoms with Crippen molar-refractivity contribution in [1.29, 1.82) is 0 Å². The summed E-state index contributed by atoms with van der Waals surface area (Å²) >= 11 is 0. The summed E-state index contributed by atoms with van der Waals surface area (Å²) in [6.45, 7) is 5.66. The van der Waals surface area contributed by atoms with Crippen LogP contribution in [0.2, 0.25) is 0 Å². The lowest BCUT2D eigenvalue weighted by Crippen LogP contribution is -2.68. The Kier molecular flexibility index (Phi) is 3.96. The van der Waals surface area contributed by atoms with Gasteiger partial charge in [-0.2, -0.15) is 0 Å². The SMILES string of the molecule is COC1(CC(=O)N2CCC(C3NC(=O)C3(C)C)CC2)CCC1. The lowest BCUT2D eigenvalue weighted by Gasteiger charge is -2.50. The quantitative estimate of drug-likeness (QED) is 0.804. The van der Waals surface area contributed by atoms with Crippen LogP contribution >= 0.6 is 0 Å². The summed E-state index contributed by atoms with van der Waals surface area (Å²) in [5.74, 6) is 0.886. The first-order valence-corrected chi connectivity index (χ1v) is 8.52. The summed E-state index contributed by atoms with van der Waals surface area (Å²) in [4.78, 5) is 26.1. The highest BCUT2D eigenvalue weighted by Crippen LogP contribution is 2.40. The topological polar surface area (TPSA) is 58.6 Å². The minimum Gasteiger partial charge on any atom is -0.378 e. The molecule has 2 saturated heterocycles. The Balaban J connectivity index is 1.50. The molecule has 1 atom stereocenters. The number of nitrogens with one attached hydrogen (secondary N) is 1. The first-order valence-electron chi connectivity index (χ1n) is 8.52. The maximum atomic E-state index is 12.5. The number of nitrogens with zero attached hydrogens (tertiary/aromatic N) is 1. The maximum absolute atomic E-state index is 12.5. The number of hydrogen-bond acceptors (Lipinski definition) is 3. The first-order chi connectivity index (χ1) is 10.4. The summed E-state index contributed by atoms with van der Waals surface area (Å²) in [7, 11) is 1.72. The van der Waals surface area contributed by atoms with Gasteiger partial charge in [-0.25, -0.2) is 0 Å². The van der Waals surface area contributed by atoms with E-state index < -0.39 is 0 Å². The van der Waals surface area contributed by atoms with E-state index in [2.05, 4.69) is 5.32 Å². The predicted octanol–water partition coefficient (Wildman–Crippen LogP) is 1.71. The molecular formula is C17H28N2O3. The van der Waals surface area contributed by atoms with Gasteiger partial charge in [0.05, 0.1) is 17.4 Å². The molecule has 22 heavy (non-hydrogen) atoms. The second-order valence-corrected chi connectivity index (χ2v) is 7.81. The number of β-lactam (4-membered cyclic amide) rings is 1. The van der Waals surface area contributed by atoms with Gasteiger partial charge in [0.15, 0.2) is 0 Å². The smallest absolute Gasteiger partial charge is 0.228 e. The van der Waals surface area contributed by atoms with Gasteiger partial charge in [-0.1, -0.05) is 0 Å². The molecule has 1 unspecified atom stereocenters. The monoisotopic (exact) mass is 308 g/mol. The molecule has 1 saturated carbocycles. The highest BCUT2D eigenvalue weighted by Gasteiger charge is 2.51. The summed E-state index contributed by atoms with van der Waals surface area (Å²) in [6, 6.07) is 0.272. The molecular weight excluding hydrogens is 280 g/mol. The predicted molar refractivity (Wildman–Crippen MR) is 83.2 cm³/mol. The van der Waals surface area contributed by atoms with Crippen molar-refractivity contribution in [3.05, 3.63) is 0 Å². The molecule has 3 aliphatic rings. The first kappa shape index (κ1) is 15.8. The van der Waals surface area contributed by atoms with Crippen LogP contribution in [0, 0.1) is 11.3 Å². The maximum Gasteiger partial charge on any atom is 0.228 e. The lowest BCUT2D eigenvalue weighted by atomic mass is 9.68. The Labute approximate surface area is 132 Å². The van der Waals surface area contributed by atoms with Crippen LogP contribution in [0.3, 0.4) is 0 Å². The largest absolute Gasteiger partial charge is 0.378 e. The third kappa shape index (κ3) is 2.53. The fourth-order valence-corrected chi connectivity index (χ4v) is 4.17. The van der Waals surface area contributed by atoms with Crippen LogP contribution in [0.4, 0.5) is 0 Å². The van der Waals surface area contributed by atoms with Gasteiger partial charge < -0.3 is 15.0 Å². The number of carbonyl (C=O) groups excluding carboxylic acids is 2. The van der Waals surface area contributed by atoms with E-state index in [0.717, 1.165) is 38.8 Å². The molecule has 5 nitrogen and oxygen atoms in total. The zero-order chi connectivity index (χ0) is 16.0. The third-order valence-electron chi connectivity index (χ3n) is 6.18. The molecule has 124 valence electrons. The number of ether oxygens (including phenoxy) is 1. The van der Waals surface area contributed by atoms with Crippen molar-refractivity contribution in [2.45, 2.75) is 64.0 Å². The van der Waals surface area contributed by atoms with Gasteiger partial charge in [0.1, 0.15) is 0 Å². The Bertz CT molecular complexity index is 457. The molecule has 0 radical (unpaired) electrons. The molecule has 2 heterocycles. The van der Waals surface area contributed by atoms with E-state index in [1.807, 2.05) is 18.7 Å². The fourth-order valence-electron chi connectivity index (χ4n) is 4.17. The van der Waals surface area contributed by atoms with Crippen molar-refractivity contribution >= 4 is 11.8 Å². The normalized spacial score (nSPS) is 30.2. The van der Waals surface area contributed by atoms with Crippen molar-refractivity contribution in [3.63, 3.8) is 0 Å². The van der Waals surface area contributed by atoms with Crippen molar-refractivity contribution in [2.75, 3.05) is 20.2 Å². The van der Waals surface area contributed by atoms with Gasteiger partial charge in [-0.05, 0) is 51.9 Å². The zero-order valence-corrected chi connectivity index (χ0v) is 14.0. The Morgan fingerprint density at radius 1 is 1.32 bits per heavy atom. The van der Waals surface area contributed by atoms with Crippen LogP contribution in [0.5, 0.6) is 0 Å². The average molecular weight is 308 g/mol. The van der Waals surface area contributed by atoms with E-state index in [1.165, 1.54) is 6.42 Å². The number of piperidine rings is 1. The van der Waals surface area contributed by atoms with Crippen molar-refractivity contribution in [1.82, 2.24) is 10.2 Å². The van der Waals surface area contributed by atoms with Crippen LogP contribution in [-0.4, -0.2) is 48.6 Å². The second-order valence-electron chi connectivity index (χ2n) is 7.81. The van der Waals surface area contributed by atoms with Crippen molar-refractivity contribution in [2.24, 2.45) is 11.3 Å². The highest BCUT2D eigenvalue weighted by molar-refractivity contribution is 5.89. The van der Waals surface area contributed by atoms with Gasteiger partial charge in [-0.15, -0.1) is 0 Å². The molecule has 5 heteroatoms. The van der Waals surface area contributed by atoms with Crippen molar-refractivity contribution in [3.8, 4) is 0 Å². The van der Waals surface area contributed by atoms with Crippen LogP contribution in [0.15, 0.2) is 0 Å². The summed E-state index contributed by atoms with van der Waals surface area (Å²) in [6.07, 6.45) is 5.68. The molecule has 2 amide bonds. The van der Waals surface area contributed by atoms with Gasteiger partial charge in [-0.3, -0.25) is 9.59 Å². The molecule has 3 rings (SSSR count). The van der Waals surface area contributed by atoms with Crippen LogP contribution < -0.4 is 5.32 Å².